The van der Waals surface area contributed by atoms with E-state index >= 15 is 0 Å². The summed E-state index contributed by atoms with van der Waals surface area (Å²) in [5.74, 6) is -3.38. The number of nitrogens with one attached hydrogen (secondary N) is 1. The molecule has 1 saturated carbocycles. The van der Waals surface area contributed by atoms with Crippen LogP contribution in [0.1, 0.15) is 25.1 Å². The van der Waals surface area contributed by atoms with Crippen LogP contribution >= 0.6 is 23.5 Å². The Morgan fingerprint density at radius 3 is 2.59 bits per heavy atom. The van der Waals surface area contributed by atoms with Crippen molar-refractivity contribution in [3.63, 3.8) is 0 Å². The van der Waals surface area contributed by atoms with Crippen LogP contribution in [-0.4, -0.2) is 119 Å². The molecule has 0 unspecified atom stereocenters. The first kappa shape index (κ1) is 30.0. The van der Waals surface area contributed by atoms with Crippen LogP contribution in [0.4, 0.5) is 13.2 Å². The van der Waals surface area contributed by atoms with Crippen molar-refractivity contribution in [1.82, 2.24) is 29.9 Å². The van der Waals surface area contributed by atoms with Crippen molar-refractivity contribution >= 4 is 76.8 Å². The van der Waals surface area contributed by atoms with Gasteiger partial charge in [0.25, 0.3) is 5.91 Å². The number of carboxylic acids is 1. The average molecular weight is 597 g/mol. The first-order chi connectivity index (χ1) is 18.0. The number of fused-ring (bicyclic) bond motifs is 1. The summed E-state index contributed by atoms with van der Waals surface area (Å²) in [6.45, 7) is 1.30. The Bertz CT molecular complexity index is 1280. The second kappa shape index (κ2) is 11.5. The number of aliphatic carboxylic acids is 1. The van der Waals surface area contributed by atoms with E-state index in [0.29, 0.717) is 36.6 Å². The fourth-order valence-electron chi connectivity index (χ4n) is 4.58. The van der Waals surface area contributed by atoms with Crippen LogP contribution in [0.5, 0.6) is 0 Å². The van der Waals surface area contributed by atoms with Gasteiger partial charge in [-0.1, -0.05) is 11.8 Å². The summed E-state index contributed by atoms with van der Waals surface area (Å²) in [5, 5.41) is 18.2. The first-order valence-electron chi connectivity index (χ1n) is 11.8. The van der Waals surface area contributed by atoms with E-state index in [-0.39, 0.29) is 57.8 Å². The maximum absolute atomic E-state index is 12.9. The Morgan fingerprint density at radius 2 is 1.97 bits per heavy atom. The molecule has 11 nitrogen and oxygen atoms in total. The number of carbonyl (C=O) groups is 4. The molecule has 0 radical (unpaired) electrons. The number of allylic oxidation sites excluding steroid dienone is 1. The third kappa shape index (κ3) is 6.04. The van der Waals surface area contributed by atoms with Gasteiger partial charge in [0, 0.05) is 31.5 Å². The molecule has 39 heavy (non-hydrogen) atoms. The van der Waals surface area contributed by atoms with Gasteiger partial charge < -0.3 is 19.9 Å². The number of carboxylic acid groups (broad SMARTS) is 1. The van der Waals surface area contributed by atoms with Crippen molar-refractivity contribution in [3.05, 3.63) is 28.7 Å². The Balaban J connectivity index is 0.00000353. The molecule has 0 spiro atoms. The van der Waals surface area contributed by atoms with Crippen LogP contribution in [0.25, 0.3) is 0 Å². The molecule has 4 heterocycles. The number of aromatic nitrogens is 3. The molecule has 206 valence electrons. The van der Waals surface area contributed by atoms with Crippen LogP contribution < -0.4 is 5.32 Å². The molecule has 3 aliphatic heterocycles. The molecule has 1 aromatic rings. The number of halogens is 3. The second-order valence-corrected chi connectivity index (χ2v) is 11.4. The van der Waals surface area contributed by atoms with E-state index in [2.05, 4.69) is 15.5 Å². The third-order valence-corrected chi connectivity index (χ3v) is 9.00. The van der Waals surface area contributed by atoms with Crippen molar-refractivity contribution in [2.45, 2.75) is 42.0 Å². The second-order valence-electron chi connectivity index (χ2n) is 9.40. The van der Waals surface area contributed by atoms with Crippen molar-refractivity contribution in [1.29, 1.82) is 0 Å². The van der Waals surface area contributed by atoms with Crippen LogP contribution in [-0.2, 0) is 32.4 Å². The van der Waals surface area contributed by atoms with Gasteiger partial charge in [0.05, 0.1) is 5.75 Å². The van der Waals surface area contributed by atoms with E-state index in [9.17, 15) is 37.5 Å². The van der Waals surface area contributed by atoms with Crippen molar-refractivity contribution < 1.29 is 37.5 Å². The molecule has 17 heteroatoms. The van der Waals surface area contributed by atoms with Gasteiger partial charge in [0.2, 0.25) is 17.6 Å². The first-order valence-corrected chi connectivity index (χ1v) is 13.8. The van der Waals surface area contributed by atoms with Gasteiger partial charge in [0.15, 0.2) is 5.16 Å². The minimum absolute atomic E-state index is 0. The van der Waals surface area contributed by atoms with Crippen LogP contribution in [0, 0.1) is 5.92 Å². The number of β-lactam (4-membered cyclic amide) rings is 1. The molecular weight excluding hydrogens is 572 g/mol. The number of rotatable bonds is 8. The molecule has 2 N–H and O–H groups in total. The van der Waals surface area contributed by atoms with E-state index in [1.165, 1.54) is 11.8 Å². The van der Waals surface area contributed by atoms with Crippen LogP contribution in [0.3, 0.4) is 0 Å². The number of carbonyl (C=O) groups excluding carboxylic acids is 3. The van der Waals surface area contributed by atoms with E-state index < -0.39 is 41.2 Å². The predicted octanol–water partition coefficient (Wildman–Crippen LogP) is 0.585. The maximum atomic E-state index is 12.9. The molecule has 5 rings (SSSR count). The quantitative estimate of drug-likeness (QED) is 0.191. The Kier molecular flexibility index (Phi) is 8.81. The van der Waals surface area contributed by atoms with E-state index in [1.54, 1.807) is 11.0 Å². The number of hydrogen-bond acceptors (Lipinski definition) is 8. The Morgan fingerprint density at radius 1 is 1.26 bits per heavy atom. The molecule has 3 fully saturated rings. The van der Waals surface area contributed by atoms with Gasteiger partial charge in [0.1, 0.15) is 17.1 Å². The van der Waals surface area contributed by atoms with E-state index in [1.807, 2.05) is 0 Å². The van der Waals surface area contributed by atoms with Gasteiger partial charge in [-0.25, -0.2) is 4.79 Å². The summed E-state index contributed by atoms with van der Waals surface area (Å²) >= 11 is 2.00. The molecule has 1 aromatic heterocycles. The van der Waals surface area contributed by atoms with Crippen molar-refractivity contribution in [3.8, 4) is 0 Å². The normalized spacial score (nSPS) is 24.1. The fourth-order valence-corrected chi connectivity index (χ4v) is 6.61. The number of hydrogen-bond donors (Lipinski definition) is 2. The average Bonchev–Trinajstić information content (AvgIpc) is 3.50. The number of likely N-dealkylation sites (tertiary alicyclic amines) is 1. The predicted molar refractivity (Wildman–Crippen MR) is 136 cm³/mol. The number of nitrogens with zero attached hydrogens (tertiary/aromatic N) is 5. The fraction of sp³-hybridized carbons (Fsp3) is 0.545. The van der Waals surface area contributed by atoms with E-state index in [0.717, 1.165) is 41.1 Å². The zero-order chi connectivity index (χ0) is 27.4. The molecule has 2 atom stereocenters. The molecule has 3 amide bonds. The minimum atomic E-state index is -4.69. The van der Waals surface area contributed by atoms with Gasteiger partial charge in [-0.2, -0.15) is 13.2 Å². The van der Waals surface area contributed by atoms with Crippen LogP contribution in [0.2, 0.25) is 0 Å². The molecule has 4 aliphatic rings. The third-order valence-electron chi connectivity index (χ3n) is 6.67. The molecule has 0 bridgehead atoms. The molecule has 2 saturated heterocycles. The summed E-state index contributed by atoms with van der Waals surface area (Å²) in [4.78, 5) is 53.0. The molecule has 1 aliphatic carbocycles. The molecular formula is C22H24F3N6NaO5S2. The Labute approximate surface area is 251 Å². The molecule has 0 aromatic carbocycles. The van der Waals surface area contributed by atoms with Gasteiger partial charge in [-0.15, -0.1) is 22.0 Å². The number of amides is 3. The zero-order valence-corrected chi connectivity index (χ0v) is 21.7. The summed E-state index contributed by atoms with van der Waals surface area (Å²) in [6, 6.07) is -0.982. The van der Waals surface area contributed by atoms with Gasteiger partial charge in [-0.3, -0.25) is 19.3 Å². The van der Waals surface area contributed by atoms with Gasteiger partial charge in [-0.05, 0) is 36.8 Å². The van der Waals surface area contributed by atoms with E-state index in [4.69, 9.17) is 0 Å². The number of thioether (sulfide) groups is 2. The van der Waals surface area contributed by atoms with Crippen molar-refractivity contribution in [2.24, 2.45) is 13.0 Å². The van der Waals surface area contributed by atoms with Crippen molar-refractivity contribution in [2.75, 3.05) is 24.6 Å². The zero-order valence-electron chi connectivity index (χ0n) is 20.0. The summed E-state index contributed by atoms with van der Waals surface area (Å²) < 4.78 is 39.4. The number of alkyl halides is 3. The summed E-state index contributed by atoms with van der Waals surface area (Å²) in [6.07, 6.45) is -0.373. The van der Waals surface area contributed by atoms with Crippen LogP contribution in [0.15, 0.2) is 28.1 Å². The monoisotopic (exact) mass is 596 g/mol. The summed E-state index contributed by atoms with van der Waals surface area (Å²) in [5.41, 5.74) is 0.677. The topological polar surface area (TPSA) is 138 Å². The summed E-state index contributed by atoms with van der Waals surface area (Å²) in [7, 11) is 1.13. The SMILES string of the molecule is Cn1c(SCC(=O)N[C@@H]2C(=O)N3C(C(=O)O)=C(/C=C4\CCN(CC5CC5)C4=O)CS[C@H]23)nnc1C(F)(F)F.[NaH]. The Hall–Kier alpha value is -2.01. The van der Waals surface area contributed by atoms with Gasteiger partial charge >= 0.3 is 41.7 Å². The standard InChI is InChI=1S/C22H23F3N6O5S2.Na.H/c1-29-20(22(23,24)25)27-28-21(29)38-9-13(32)26-14-17(34)31-15(19(35)36)12(8-37-18(14)31)6-11-4-5-30(16(11)33)7-10-2-3-10;;/h6,10,14,18H,2-5,7-9H2,1H3,(H,26,32)(H,35,36);;/b11-6+;;/t14-,18-;;/m1../s1.